The van der Waals surface area contributed by atoms with Gasteiger partial charge in [0.25, 0.3) is 5.91 Å². The molecule has 4 aromatic carbocycles. The first-order valence-electron chi connectivity index (χ1n) is 15.7. The highest BCUT2D eigenvalue weighted by molar-refractivity contribution is 5.82. The van der Waals surface area contributed by atoms with Gasteiger partial charge >= 0.3 is 6.18 Å². The molecule has 0 saturated heterocycles. The summed E-state index contributed by atoms with van der Waals surface area (Å²) in [5.74, 6) is -0.103. The van der Waals surface area contributed by atoms with E-state index >= 15 is 0 Å². The zero-order valence-electron chi connectivity index (χ0n) is 28.6. The van der Waals surface area contributed by atoms with Crippen molar-refractivity contribution in [1.29, 1.82) is 0 Å². The minimum absolute atomic E-state index is 0.142. The molecule has 0 fully saturated rings. The Morgan fingerprint density at radius 3 is 1.54 bits per heavy atom. The molecule has 48 heavy (non-hydrogen) atoms. The van der Waals surface area contributed by atoms with E-state index < -0.39 is 43.1 Å². The maximum atomic E-state index is 12.7. The van der Waals surface area contributed by atoms with E-state index in [1.165, 1.54) is 41.7 Å². The van der Waals surface area contributed by atoms with E-state index in [2.05, 4.69) is 48.5 Å². The molecule has 0 aliphatic rings. The summed E-state index contributed by atoms with van der Waals surface area (Å²) in [7, 11) is 1.56. The molecular formula is C37H50F3NO7. The zero-order chi connectivity index (χ0) is 36.7. The fourth-order valence-corrected chi connectivity index (χ4v) is 3.73. The predicted octanol–water partition coefficient (Wildman–Crippen LogP) is 7.21. The van der Waals surface area contributed by atoms with Crippen LogP contribution in [0, 0.1) is 0 Å². The normalized spacial score (nSPS) is 12.2. The van der Waals surface area contributed by atoms with Crippen LogP contribution in [0.15, 0.2) is 103 Å². The molecule has 0 aliphatic heterocycles. The lowest BCUT2D eigenvalue weighted by atomic mass is 10.1. The summed E-state index contributed by atoms with van der Waals surface area (Å²) in [6.07, 6.45) is -8.49. The van der Waals surface area contributed by atoms with Crippen molar-refractivity contribution in [2.24, 2.45) is 0 Å². The monoisotopic (exact) mass is 677 g/mol. The van der Waals surface area contributed by atoms with Crippen LogP contribution in [0.1, 0.15) is 58.8 Å². The topological polar surface area (TPSA) is 120 Å². The summed E-state index contributed by atoms with van der Waals surface area (Å²) in [5.41, 5.74) is -0.00355. The molecule has 266 valence electrons. The van der Waals surface area contributed by atoms with Crippen molar-refractivity contribution in [3.63, 3.8) is 0 Å². The van der Waals surface area contributed by atoms with Gasteiger partial charge in [-0.2, -0.15) is 13.2 Å². The first-order valence-corrected chi connectivity index (χ1v) is 15.7. The summed E-state index contributed by atoms with van der Waals surface area (Å²) in [4.78, 5) is 13.7. The summed E-state index contributed by atoms with van der Waals surface area (Å²) in [6.45, 7) is 10.4. The van der Waals surface area contributed by atoms with Gasteiger partial charge in [0.1, 0.15) is 30.9 Å². The predicted molar refractivity (Wildman–Crippen MR) is 183 cm³/mol. The molecule has 0 aliphatic carbocycles. The molecule has 1 amide bonds. The van der Waals surface area contributed by atoms with Crippen LogP contribution < -0.4 is 4.74 Å². The van der Waals surface area contributed by atoms with Crippen LogP contribution in [-0.4, -0.2) is 70.1 Å². The number of likely N-dealkylation sites (N-methyl/N-ethyl adjacent to an activating group) is 1. The average Bonchev–Trinajstić information content (AvgIpc) is 3.10. The van der Waals surface area contributed by atoms with Gasteiger partial charge in [-0.05, 0) is 54.4 Å². The standard InChI is InChI=1S/C20H22F3NO4.C10H8.C3H8O3.2C2H6/c1-14(27-13-25)19(26)24(2)12-18(15-6-4-3-5-7-15)28-17-10-8-16(9-11-17)20(21,22)23;1-2-6-10-8-4-3-7-9(10)5-1;1-2(4)3(5)6;2*1-2/h3-11,14,18,25H,12-13H2,1-2H3;1-8H;2-6H,1H3;2*1-2H3. The minimum Gasteiger partial charge on any atom is -0.484 e. The van der Waals surface area contributed by atoms with Crippen molar-refractivity contribution in [1.82, 2.24) is 4.90 Å². The second kappa shape index (κ2) is 24.2. The molecule has 0 saturated carbocycles. The van der Waals surface area contributed by atoms with Gasteiger partial charge in [0.05, 0.1) is 12.1 Å². The van der Waals surface area contributed by atoms with Gasteiger partial charge in [0.15, 0.2) is 6.29 Å². The van der Waals surface area contributed by atoms with Crippen molar-refractivity contribution in [3.05, 3.63) is 114 Å². The van der Waals surface area contributed by atoms with E-state index in [4.69, 9.17) is 29.9 Å². The molecule has 0 spiro atoms. The van der Waals surface area contributed by atoms with Crippen LogP contribution in [0.4, 0.5) is 13.2 Å². The van der Waals surface area contributed by atoms with E-state index in [0.29, 0.717) is 0 Å². The molecule has 3 atom stereocenters. The van der Waals surface area contributed by atoms with Crippen LogP contribution in [0.25, 0.3) is 10.8 Å². The minimum atomic E-state index is -4.42. The third kappa shape index (κ3) is 16.7. The second-order valence-corrected chi connectivity index (χ2v) is 9.70. The summed E-state index contributed by atoms with van der Waals surface area (Å²) < 4.78 is 49.0. The summed E-state index contributed by atoms with van der Waals surface area (Å²) >= 11 is 0. The number of benzene rings is 4. The van der Waals surface area contributed by atoms with Crippen molar-refractivity contribution in [2.75, 3.05) is 20.4 Å². The third-order valence-corrected chi connectivity index (χ3v) is 6.21. The van der Waals surface area contributed by atoms with Crippen LogP contribution >= 0.6 is 0 Å². The molecule has 0 aromatic heterocycles. The Bertz CT molecular complexity index is 1310. The van der Waals surface area contributed by atoms with Gasteiger partial charge < -0.3 is 34.8 Å². The maximum Gasteiger partial charge on any atom is 0.416 e. The Labute approximate surface area is 282 Å². The lowest BCUT2D eigenvalue weighted by molar-refractivity contribution is -0.148. The largest absolute Gasteiger partial charge is 0.484 e. The highest BCUT2D eigenvalue weighted by atomic mass is 19.4. The summed E-state index contributed by atoms with van der Waals surface area (Å²) in [6, 6.07) is 30.1. The number of rotatable bonds is 9. The number of hydrogen-bond acceptors (Lipinski definition) is 7. The SMILES string of the molecule is CC.CC.CC(O)C(O)O.CC(OCO)C(=O)N(C)CC(Oc1ccc(C(F)(F)F)cc1)c1ccccc1.c1ccc2ccccc2c1. The van der Waals surface area contributed by atoms with Gasteiger partial charge in [-0.1, -0.05) is 107 Å². The molecule has 8 nitrogen and oxygen atoms in total. The maximum absolute atomic E-state index is 12.7. The number of fused-ring (bicyclic) bond motifs is 1. The molecule has 0 radical (unpaired) electrons. The summed E-state index contributed by atoms with van der Waals surface area (Å²) in [5, 5.41) is 35.4. The number of carbonyl (C=O) groups is 1. The van der Waals surface area contributed by atoms with Gasteiger partial charge in [0.2, 0.25) is 0 Å². The molecule has 3 unspecified atom stereocenters. The fourth-order valence-electron chi connectivity index (χ4n) is 3.73. The number of halogens is 3. The number of nitrogens with zero attached hydrogens (tertiary/aromatic N) is 1. The first-order chi connectivity index (χ1) is 22.8. The quantitative estimate of drug-likeness (QED) is 0.138. The van der Waals surface area contributed by atoms with E-state index in [1.807, 2.05) is 33.8 Å². The Hall–Kier alpha value is -4.00. The lowest BCUT2D eigenvalue weighted by Gasteiger charge is -2.27. The Kier molecular flexibility index (Phi) is 22.2. The van der Waals surface area contributed by atoms with Crippen LogP contribution in [0.5, 0.6) is 5.75 Å². The number of ether oxygens (including phenoxy) is 2. The average molecular weight is 678 g/mol. The molecule has 4 rings (SSSR count). The van der Waals surface area contributed by atoms with Crippen molar-refractivity contribution >= 4 is 16.7 Å². The number of hydrogen-bond donors (Lipinski definition) is 4. The first kappa shape index (κ1) is 44.0. The van der Waals surface area contributed by atoms with Crippen LogP contribution in [-0.2, 0) is 15.7 Å². The van der Waals surface area contributed by atoms with Gasteiger partial charge in [0, 0.05) is 7.05 Å². The number of amides is 1. The zero-order valence-corrected chi connectivity index (χ0v) is 28.6. The van der Waals surface area contributed by atoms with Crippen molar-refractivity contribution < 1.29 is 47.9 Å². The molecule has 0 heterocycles. The highest BCUT2D eigenvalue weighted by Gasteiger charge is 2.30. The number of aliphatic hydroxyl groups excluding tert-OH is 3. The number of carbonyl (C=O) groups excluding carboxylic acids is 1. The van der Waals surface area contributed by atoms with Crippen LogP contribution in [0.2, 0.25) is 0 Å². The second-order valence-electron chi connectivity index (χ2n) is 9.70. The third-order valence-electron chi connectivity index (χ3n) is 6.21. The molecule has 11 heteroatoms. The smallest absolute Gasteiger partial charge is 0.416 e. The van der Waals surface area contributed by atoms with Crippen LogP contribution in [0.3, 0.4) is 0 Å². The Balaban J connectivity index is 0.000000894. The molecule has 4 aromatic rings. The molecule has 4 N–H and O–H groups in total. The Morgan fingerprint density at radius 1 is 0.750 bits per heavy atom. The Morgan fingerprint density at radius 2 is 1.17 bits per heavy atom. The van der Waals surface area contributed by atoms with E-state index in [-0.39, 0.29) is 18.2 Å². The van der Waals surface area contributed by atoms with Gasteiger partial charge in [-0.25, -0.2) is 0 Å². The molecular weight excluding hydrogens is 627 g/mol. The van der Waals surface area contributed by atoms with Crippen molar-refractivity contribution in [2.45, 2.75) is 72.3 Å². The molecule has 0 bridgehead atoms. The van der Waals surface area contributed by atoms with Gasteiger partial charge in [-0.15, -0.1) is 0 Å². The van der Waals surface area contributed by atoms with Gasteiger partial charge in [-0.3, -0.25) is 4.79 Å². The fraction of sp³-hybridized carbons (Fsp3) is 0.378. The highest BCUT2D eigenvalue weighted by Crippen LogP contribution is 2.31. The number of alkyl halides is 3. The lowest BCUT2D eigenvalue weighted by Crippen LogP contribution is -2.39. The van der Waals surface area contributed by atoms with E-state index in [9.17, 15) is 18.0 Å². The van der Waals surface area contributed by atoms with E-state index in [1.54, 1.807) is 31.3 Å². The van der Waals surface area contributed by atoms with E-state index in [0.717, 1.165) is 17.7 Å². The number of aliphatic hydroxyl groups is 4. The van der Waals surface area contributed by atoms with Crippen molar-refractivity contribution in [3.8, 4) is 5.75 Å².